The normalized spacial score (nSPS) is 36.6. The van der Waals surface area contributed by atoms with Gasteiger partial charge in [-0.25, -0.2) is 0 Å². The quantitative estimate of drug-likeness (QED) is 0.681. The van der Waals surface area contributed by atoms with Gasteiger partial charge < -0.3 is 9.84 Å². The van der Waals surface area contributed by atoms with E-state index < -0.39 is 17.5 Å². The molecule has 1 aliphatic heterocycles. The molecule has 1 saturated heterocycles. The fourth-order valence-electron chi connectivity index (χ4n) is 2.18. The highest BCUT2D eigenvalue weighted by molar-refractivity contribution is 5.82. The van der Waals surface area contributed by atoms with Gasteiger partial charge in [-0.05, 0) is 12.8 Å². The summed E-state index contributed by atoms with van der Waals surface area (Å²) in [6.45, 7) is 3.50. The zero-order valence-electron chi connectivity index (χ0n) is 8.49. The number of nitriles is 1. The molecule has 1 rings (SSSR count). The van der Waals surface area contributed by atoms with E-state index in [2.05, 4.69) is 6.07 Å². The molecule has 0 spiro atoms. The summed E-state index contributed by atoms with van der Waals surface area (Å²) in [5.74, 6) is -0.664. The largest absolute Gasteiger partial charge is 0.458 e. The molecule has 3 atom stereocenters. The number of carbonyl (C=O) groups excluding carboxylic acids is 1. The monoisotopic (exact) mass is 197 g/mol. The molecule has 0 saturated carbocycles. The Morgan fingerprint density at radius 2 is 2.29 bits per heavy atom. The van der Waals surface area contributed by atoms with E-state index in [1.165, 1.54) is 0 Å². The minimum Gasteiger partial charge on any atom is -0.458 e. The summed E-state index contributed by atoms with van der Waals surface area (Å²) in [5.41, 5.74) is -1.04. The van der Waals surface area contributed by atoms with Crippen LogP contribution in [-0.2, 0) is 9.53 Å². The molecule has 0 aromatic heterocycles. The lowest BCUT2D eigenvalue weighted by Gasteiger charge is -2.22. The fraction of sp³-hybridized carbons (Fsp3) is 0.800. The van der Waals surface area contributed by atoms with Gasteiger partial charge in [-0.3, -0.25) is 4.79 Å². The van der Waals surface area contributed by atoms with Crippen molar-refractivity contribution >= 4 is 5.97 Å². The second kappa shape index (κ2) is 3.97. The SMILES string of the molecule is CCC1[C@H](CO)OC(=O)C1(C#N)CC. The van der Waals surface area contributed by atoms with Crippen LogP contribution in [0.1, 0.15) is 26.7 Å². The zero-order valence-corrected chi connectivity index (χ0v) is 8.49. The topological polar surface area (TPSA) is 70.3 Å². The molecular formula is C10H15NO3. The Balaban J connectivity index is 3.04. The summed E-state index contributed by atoms with van der Waals surface area (Å²) in [7, 11) is 0. The maximum atomic E-state index is 11.5. The molecule has 1 fully saturated rings. The summed E-state index contributed by atoms with van der Waals surface area (Å²) >= 11 is 0. The third-order valence-corrected chi connectivity index (χ3v) is 3.08. The van der Waals surface area contributed by atoms with Crippen LogP contribution in [-0.4, -0.2) is 23.8 Å². The van der Waals surface area contributed by atoms with Crippen LogP contribution in [0.5, 0.6) is 0 Å². The van der Waals surface area contributed by atoms with E-state index in [-0.39, 0.29) is 12.5 Å². The molecule has 78 valence electrons. The standard InChI is InChI=1S/C10H15NO3/c1-3-7-8(5-12)14-9(13)10(7,4-2)6-11/h7-8,12H,3-5H2,1-2H3/t7?,8-,10?/m0/s1. The van der Waals surface area contributed by atoms with Crippen molar-refractivity contribution in [3.8, 4) is 6.07 Å². The molecule has 4 heteroatoms. The second-order valence-electron chi connectivity index (χ2n) is 3.58. The van der Waals surface area contributed by atoms with Crippen molar-refractivity contribution < 1.29 is 14.6 Å². The van der Waals surface area contributed by atoms with Crippen molar-refractivity contribution in [3.63, 3.8) is 0 Å². The van der Waals surface area contributed by atoms with Crippen LogP contribution in [0.2, 0.25) is 0 Å². The molecule has 0 aromatic rings. The fourth-order valence-corrected chi connectivity index (χ4v) is 2.18. The van der Waals surface area contributed by atoms with Crippen molar-refractivity contribution in [2.24, 2.45) is 11.3 Å². The molecule has 0 aliphatic carbocycles. The van der Waals surface area contributed by atoms with Crippen LogP contribution in [0.4, 0.5) is 0 Å². The Morgan fingerprint density at radius 1 is 1.64 bits per heavy atom. The predicted octanol–water partition coefficient (Wildman–Crippen LogP) is 0.850. The lowest BCUT2D eigenvalue weighted by molar-refractivity contribution is -0.147. The number of esters is 1. The van der Waals surface area contributed by atoms with Crippen LogP contribution in [0.3, 0.4) is 0 Å². The molecule has 4 nitrogen and oxygen atoms in total. The average Bonchev–Trinajstić information content (AvgIpc) is 2.50. The number of hydrogen-bond acceptors (Lipinski definition) is 4. The molecule has 2 unspecified atom stereocenters. The van der Waals surface area contributed by atoms with Gasteiger partial charge in [0, 0.05) is 5.92 Å². The number of aliphatic hydroxyl groups is 1. The lowest BCUT2D eigenvalue weighted by Crippen LogP contribution is -2.33. The van der Waals surface area contributed by atoms with E-state index in [1.54, 1.807) is 6.92 Å². The van der Waals surface area contributed by atoms with Crippen molar-refractivity contribution in [1.29, 1.82) is 5.26 Å². The molecule has 0 bridgehead atoms. The molecule has 14 heavy (non-hydrogen) atoms. The minimum absolute atomic E-state index is 0.185. The van der Waals surface area contributed by atoms with Gasteiger partial charge in [-0.2, -0.15) is 5.26 Å². The number of cyclic esters (lactones) is 1. The van der Waals surface area contributed by atoms with E-state index in [0.717, 1.165) is 0 Å². The van der Waals surface area contributed by atoms with E-state index in [1.807, 2.05) is 6.92 Å². The van der Waals surface area contributed by atoms with Gasteiger partial charge in [0.05, 0.1) is 12.7 Å². The van der Waals surface area contributed by atoms with Crippen molar-refractivity contribution in [3.05, 3.63) is 0 Å². The molecular weight excluding hydrogens is 182 g/mol. The number of hydrogen-bond donors (Lipinski definition) is 1. The summed E-state index contributed by atoms with van der Waals surface area (Å²) in [5, 5.41) is 18.1. The Labute approximate surface area is 83.5 Å². The van der Waals surface area contributed by atoms with Gasteiger partial charge in [0.15, 0.2) is 5.41 Å². The van der Waals surface area contributed by atoms with Crippen molar-refractivity contribution in [1.82, 2.24) is 0 Å². The van der Waals surface area contributed by atoms with Crippen molar-refractivity contribution in [2.75, 3.05) is 6.61 Å². The molecule has 0 aromatic carbocycles. The second-order valence-corrected chi connectivity index (χ2v) is 3.58. The van der Waals surface area contributed by atoms with Crippen LogP contribution in [0.25, 0.3) is 0 Å². The van der Waals surface area contributed by atoms with E-state index in [0.29, 0.717) is 12.8 Å². The van der Waals surface area contributed by atoms with Gasteiger partial charge in [-0.15, -0.1) is 0 Å². The van der Waals surface area contributed by atoms with Crippen LogP contribution in [0, 0.1) is 22.7 Å². The maximum absolute atomic E-state index is 11.5. The van der Waals surface area contributed by atoms with Crippen LogP contribution < -0.4 is 0 Å². The van der Waals surface area contributed by atoms with Crippen LogP contribution in [0.15, 0.2) is 0 Å². The predicted molar refractivity (Wildman–Crippen MR) is 49.1 cm³/mol. The number of aliphatic hydroxyl groups excluding tert-OH is 1. The Morgan fingerprint density at radius 3 is 2.64 bits per heavy atom. The van der Waals surface area contributed by atoms with E-state index >= 15 is 0 Å². The van der Waals surface area contributed by atoms with Gasteiger partial charge in [0.1, 0.15) is 6.10 Å². The van der Waals surface area contributed by atoms with Gasteiger partial charge in [0.2, 0.25) is 0 Å². The van der Waals surface area contributed by atoms with E-state index in [4.69, 9.17) is 15.1 Å². The van der Waals surface area contributed by atoms with Gasteiger partial charge >= 0.3 is 5.97 Å². The molecule has 0 amide bonds. The Hall–Kier alpha value is -1.08. The third-order valence-electron chi connectivity index (χ3n) is 3.08. The van der Waals surface area contributed by atoms with Gasteiger partial charge in [-0.1, -0.05) is 13.8 Å². The first-order chi connectivity index (χ1) is 6.66. The van der Waals surface area contributed by atoms with Gasteiger partial charge in [0.25, 0.3) is 0 Å². The first-order valence-electron chi connectivity index (χ1n) is 4.89. The summed E-state index contributed by atoms with van der Waals surface area (Å²) < 4.78 is 5.00. The van der Waals surface area contributed by atoms with Crippen LogP contribution >= 0.6 is 0 Å². The number of nitrogens with zero attached hydrogens (tertiary/aromatic N) is 1. The minimum atomic E-state index is -1.04. The number of rotatable bonds is 3. The third kappa shape index (κ3) is 1.28. The molecule has 1 N–H and O–H groups in total. The summed E-state index contributed by atoms with van der Waals surface area (Å²) in [6, 6.07) is 2.06. The number of carbonyl (C=O) groups is 1. The maximum Gasteiger partial charge on any atom is 0.327 e. The zero-order chi connectivity index (χ0) is 10.8. The lowest BCUT2D eigenvalue weighted by atomic mass is 9.73. The van der Waals surface area contributed by atoms with E-state index in [9.17, 15) is 4.79 Å². The molecule has 1 heterocycles. The smallest absolute Gasteiger partial charge is 0.327 e. The number of ether oxygens (including phenoxy) is 1. The highest BCUT2D eigenvalue weighted by Crippen LogP contribution is 2.43. The van der Waals surface area contributed by atoms with Crippen molar-refractivity contribution in [2.45, 2.75) is 32.8 Å². The Bertz CT molecular complexity index is 271. The average molecular weight is 197 g/mol. The first kappa shape index (κ1) is 11.0. The highest BCUT2D eigenvalue weighted by atomic mass is 16.6. The molecule has 0 radical (unpaired) electrons. The summed E-state index contributed by atoms with van der Waals surface area (Å²) in [4.78, 5) is 11.5. The highest BCUT2D eigenvalue weighted by Gasteiger charge is 2.55. The first-order valence-corrected chi connectivity index (χ1v) is 4.89. The molecule has 1 aliphatic rings. The summed E-state index contributed by atoms with van der Waals surface area (Å²) in [6.07, 6.45) is 0.600. The Kier molecular flexibility index (Phi) is 3.12.